The van der Waals surface area contributed by atoms with Crippen molar-refractivity contribution < 1.29 is 24.2 Å². The van der Waals surface area contributed by atoms with Gasteiger partial charge in [-0.1, -0.05) is 0 Å². The molecule has 126 valence electrons. The zero-order valence-electron chi connectivity index (χ0n) is 13.7. The van der Waals surface area contributed by atoms with E-state index in [1.165, 1.54) is 0 Å². The van der Waals surface area contributed by atoms with Crippen molar-refractivity contribution in [2.24, 2.45) is 0 Å². The van der Waals surface area contributed by atoms with Gasteiger partial charge in [0.15, 0.2) is 0 Å². The molecule has 2 fully saturated rings. The summed E-state index contributed by atoms with van der Waals surface area (Å²) in [6.07, 6.45) is 0.00759. The van der Waals surface area contributed by atoms with Gasteiger partial charge in [-0.25, -0.2) is 0 Å². The number of ether oxygens (including phenoxy) is 2. The molecule has 0 radical (unpaired) electrons. The SMILES string of the molecule is CC1CN(C(=O)CN2CC(C)(C)OCC2C(=O)O)CC(C)O1. The van der Waals surface area contributed by atoms with Crippen LogP contribution in [-0.2, 0) is 19.1 Å². The second-order valence-electron chi connectivity index (χ2n) is 6.89. The number of carbonyl (C=O) groups excluding carboxylic acids is 1. The van der Waals surface area contributed by atoms with Crippen LogP contribution >= 0.6 is 0 Å². The van der Waals surface area contributed by atoms with Gasteiger partial charge in [0.2, 0.25) is 5.91 Å². The van der Waals surface area contributed by atoms with Gasteiger partial charge in [0.05, 0.1) is 31.0 Å². The number of nitrogens with zero attached hydrogens (tertiary/aromatic N) is 2. The summed E-state index contributed by atoms with van der Waals surface area (Å²) in [5.74, 6) is -1.00. The molecule has 3 atom stereocenters. The quantitative estimate of drug-likeness (QED) is 0.801. The van der Waals surface area contributed by atoms with Crippen molar-refractivity contribution in [1.82, 2.24) is 9.80 Å². The topological polar surface area (TPSA) is 79.3 Å². The van der Waals surface area contributed by atoms with E-state index < -0.39 is 17.6 Å². The molecule has 7 heteroatoms. The molecule has 0 spiro atoms. The first-order chi connectivity index (χ1) is 10.2. The van der Waals surface area contributed by atoms with Gasteiger partial charge in [0.1, 0.15) is 6.04 Å². The Kier molecular flexibility index (Phi) is 5.09. The van der Waals surface area contributed by atoms with Crippen LogP contribution in [0.15, 0.2) is 0 Å². The highest BCUT2D eigenvalue weighted by Crippen LogP contribution is 2.21. The third-order valence-electron chi connectivity index (χ3n) is 4.05. The normalized spacial score (nSPS) is 32.7. The predicted molar refractivity (Wildman–Crippen MR) is 79.6 cm³/mol. The second-order valence-corrected chi connectivity index (χ2v) is 6.89. The van der Waals surface area contributed by atoms with Crippen molar-refractivity contribution >= 4 is 11.9 Å². The molecular formula is C15H26N2O5. The van der Waals surface area contributed by atoms with Crippen molar-refractivity contribution in [2.75, 3.05) is 32.8 Å². The van der Waals surface area contributed by atoms with Gasteiger partial charge in [-0.05, 0) is 27.7 Å². The van der Waals surface area contributed by atoms with Crippen molar-refractivity contribution in [3.05, 3.63) is 0 Å². The number of hydrogen-bond donors (Lipinski definition) is 1. The van der Waals surface area contributed by atoms with E-state index in [0.717, 1.165) is 0 Å². The predicted octanol–water partition coefficient (Wildman–Crippen LogP) is 0.186. The number of aliphatic carboxylic acids is 1. The maximum absolute atomic E-state index is 12.5. The molecule has 0 saturated carbocycles. The van der Waals surface area contributed by atoms with Crippen LogP contribution in [0.4, 0.5) is 0 Å². The minimum atomic E-state index is -0.952. The number of morpholine rings is 2. The standard InChI is InChI=1S/C15H26N2O5/c1-10-5-16(6-11(2)22-10)13(18)7-17-9-15(3,4)21-8-12(17)14(19)20/h10-12H,5-9H2,1-4H3,(H,19,20). The Morgan fingerprint density at radius 2 is 1.82 bits per heavy atom. The lowest BCUT2D eigenvalue weighted by atomic mass is 10.0. The Balaban J connectivity index is 2.02. The van der Waals surface area contributed by atoms with Crippen LogP contribution in [-0.4, -0.2) is 83.4 Å². The van der Waals surface area contributed by atoms with Crippen molar-refractivity contribution in [1.29, 1.82) is 0 Å². The number of rotatable bonds is 3. The summed E-state index contributed by atoms with van der Waals surface area (Å²) >= 11 is 0. The molecule has 2 aliphatic rings. The number of carbonyl (C=O) groups is 2. The first-order valence-electron chi connectivity index (χ1n) is 7.72. The lowest BCUT2D eigenvalue weighted by molar-refractivity contribution is -0.166. The Hall–Kier alpha value is -1.18. The van der Waals surface area contributed by atoms with E-state index in [-0.39, 0.29) is 31.3 Å². The highest BCUT2D eigenvalue weighted by Gasteiger charge is 2.39. The van der Waals surface area contributed by atoms with E-state index >= 15 is 0 Å². The van der Waals surface area contributed by atoms with Gasteiger partial charge in [0.25, 0.3) is 0 Å². The summed E-state index contributed by atoms with van der Waals surface area (Å²) in [7, 11) is 0. The van der Waals surface area contributed by atoms with Crippen LogP contribution in [0.1, 0.15) is 27.7 Å². The van der Waals surface area contributed by atoms with E-state index in [9.17, 15) is 14.7 Å². The molecule has 0 aromatic heterocycles. The molecule has 2 saturated heterocycles. The van der Waals surface area contributed by atoms with Crippen LogP contribution in [0.3, 0.4) is 0 Å². The summed E-state index contributed by atoms with van der Waals surface area (Å²) < 4.78 is 11.2. The lowest BCUT2D eigenvalue weighted by Gasteiger charge is -2.43. The van der Waals surface area contributed by atoms with E-state index in [1.54, 1.807) is 9.80 Å². The third-order valence-corrected chi connectivity index (χ3v) is 4.05. The van der Waals surface area contributed by atoms with E-state index in [1.807, 2.05) is 27.7 Å². The van der Waals surface area contributed by atoms with Gasteiger partial charge in [-0.2, -0.15) is 0 Å². The lowest BCUT2D eigenvalue weighted by Crippen LogP contribution is -2.60. The fraction of sp³-hybridized carbons (Fsp3) is 0.867. The van der Waals surface area contributed by atoms with Gasteiger partial charge in [0, 0.05) is 19.6 Å². The maximum Gasteiger partial charge on any atom is 0.323 e. The van der Waals surface area contributed by atoms with E-state index in [4.69, 9.17) is 9.47 Å². The van der Waals surface area contributed by atoms with Crippen molar-refractivity contribution in [3.63, 3.8) is 0 Å². The summed E-state index contributed by atoms with van der Waals surface area (Å²) in [6, 6.07) is -0.770. The number of carboxylic acids is 1. The third kappa shape index (κ3) is 4.18. The molecular weight excluding hydrogens is 288 g/mol. The Labute approximate surface area is 131 Å². The summed E-state index contributed by atoms with van der Waals surface area (Å²) in [6.45, 7) is 9.41. The van der Waals surface area contributed by atoms with Crippen LogP contribution in [0.5, 0.6) is 0 Å². The Bertz CT molecular complexity index is 430. The Morgan fingerprint density at radius 1 is 1.23 bits per heavy atom. The molecule has 22 heavy (non-hydrogen) atoms. The van der Waals surface area contributed by atoms with Gasteiger partial charge < -0.3 is 19.5 Å². The first kappa shape index (κ1) is 17.2. The van der Waals surface area contributed by atoms with Crippen LogP contribution < -0.4 is 0 Å². The summed E-state index contributed by atoms with van der Waals surface area (Å²) in [5, 5.41) is 9.32. The minimum absolute atomic E-state index is 0.00380. The summed E-state index contributed by atoms with van der Waals surface area (Å²) in [4.78, 5) is 27.4. The molecule has 2 aliphatic heterocycles. The van der Waals surface area contributed by atoms with E-state index in [0.29, 0.717) is 19.6 Å². The highest BCUT2D eigenvalue weighted by atomic mass is 16.5. The highest BCUT2D eigenvalue weighted by molar-refractivity contribution is 5.80. The molecule has 0 aliphatic carbocycles. The molecule has 3 unspecified atom stereocenters. The molecule has 2 heterocycles. The largest absolute Gasteiger partial charge is 0.480 e. The molecule has 2 rings (SSSR count). The molecule has 1 amide bonds. The summed E-state index contributed by atoms with van der Waals surface area (Å²) in [5.41, 5.74) is -0.447. The fourth-order valence-electron chi connectivity index (χ4n) is 3.10. The molecule has 7 nitrogen and oxygen atoms in total. The van der Waals surface area contributed by atoms with Crippen molar-refractivity contribution in [3.8, 4) is 0 Å². The van der Waals surface area contributed by atoms with Crippen molar-refractivity contribution in [2.45, 2.75) is 51.5 Å². The number of carboxylic acid groups (broad SMARTS) is 1. The average molecular weight is 314 g/mol. The van der Waals surface area contributed by atoms with E-state index in [2.05, 4.69) is 0 Å². The Morgan fingerprint density at radius 3 is 2.36 bits per heavy atom. The van der Waals surface area contributed by atoms with Gasteiger partial charge >= 0.3 is 5.97 Å². The molecule has 0 aromatic rings. The molecule has 0 bridgehead atoms. The van der Waals surface area contributed by atoms with Gasteiger partial charge in [-0.15, -0.1) is 0 Å². The monoisotopic (exact) mass is 314 g/mol. The molecule has 1 N–H and O–H groups in total. The van der Waals surface area contributed by atoms with Crippen LogP contribution in [0, 0.1) is 0 Å². The second kappa shape index (κ2) is 6.52. The van der Waals surface area contributed by atoms with Crippen LogP contribution in [0.2, 0.25) is 0 Å². The average Bonchev–Trinajstić information content (AvgIpc) is 2.35. The zero-order chi connectivity index (χ0) is 16.5. The number of amides is 1. The fourth-order valence-corrected chi connectivity index (χ4v) is 3.10. The number of hydrogen-bond acceptors (Lipinski definition) is 5. The minimum Gasteiger partial charge on any atom is -0.480 e. The smallest absolute Gasteiger partial charge is 0.323 e. The maximum atomic E-state index is 12.5. The molecule has 0 aromatic carbocycles. The van der Waals surface area contributed by atoms with Crippen LogP contribution in [0.25, 0.3) is 0 Å². The van der Waals surface area contributed by atoms with Gasteiger partial charge in [-0.3, -0.25) is 14.5 Å². The first-order valence-corrected chi connectivity index (χ1v) is 7.72. The zero-order valence-corrected chi connectivity index (χ0v) is 13.7.